The van der Waals surface area contributed by atoms with E-state index in [1.807, 2.05) is 24.3 Å². The molecule has 1 fully saturated rings. The number of halogens is 2. The van der Waals surface area contributed by atoms with Crippen molar-refractivity contribution in [2.75, 3.05) is 10.2 Å². The molecule has 0 radical (unpaired) electrons. The van der Waals surface area contributed by atoms with Crippen LogP contribution in [0.15, 0.2) is 53.0 Å². The molecule has 4 nitrogen and oxygen atoms in total. The minimum absolute atomic E-state index is 0.0470. The highest BCUT2D eigenvalue weighted by atomic mass is 79.9. The highest BCUT2D eigenvalue weighted by molar-refractivity contribution is 9.10. The van der Waals surface area contributed by atoms with Crippen LogP contribution in [-0.4, -0.2) is 17.9 Å². The lowest BCUT2D eigenvalue weighted by molar-refractivity contribution is -0.121. The average molecular weight is 363 g/mol. The Morgan fingerprint density at radius 3 is 2.55 bits per heavy atom. The molecule has 2 aromatic rings. The second-order valence-corrected chi connectivity index (χ2v) is 5.87. The first-order valence-electron chi connectivity index (χ1n) is 6.69. The molecule has 112 valence electrons. The Morgan fingerprint density at radius 2 is 1.86 bits per heavy atom. The first-order valence-corrected chi connectivity index (χ1v) is 7.48. The predicted octanol–water partition coefficient (Wildman–Crippen LogP) is 3.33. The van der Waals surface area contributed by atoms with Crippen LogP contribution in [0.1, 0.15) is 6.42 Å². The Hall–Kier alpha value is -2.21. The maximum Gasteiger partial charge on any atom is 0.256 e. The number of anilines is 2. The third kappa shape index (κ3) is 2.87. The third-order valence-corrected chi connectivity index (χ3v) is 3.93. The fraction of sp³-hybridized carbons (Fsp3) is 0.125. The van der Waals surface area contributed by atoms with E-state index in [1.165, 1.54) is 18.2 Å². The van der Waals surface area contributed by atoms with Crippen LogP contribution in [0.25, 0.3) is 0 Å². The van der Waals surface area contributed by atoms with Gasteiger partial charge in [0, 0.05) is 10.2 Å². The first kappa shape index (κ1) is 14.7. The summed E-state index contributed by atoms with van der Waals surface area (Å²) in [6.45, 7) is 0. The van der Waals surface area contributed by atoms with Crippen molar-refractivity contribution in [3.05, 3.63) is 58.8 Å². The number of hydrogen-bond acceptors (Lipinski definition) is 3. The topological polar surface area (TPSA) is 49.4 Å². The number of nitrogens with zero attached hydrogens (tertiary/aromatic N) is 1. The van der Waals surface area contributed by atoms with E-state index in [-0.39, 0.29) is 23.9 Å². The van der Waals surface area contributed by atoms with Gasteiger partial charge in [0.15, 0.2) is 0 Å². The van der Waals surface area contributed by atoms with Crippen molar-refractivity contribution in [2.45, 2.75) is 12.5 Å². The average Bonchev–Trinajstić information content (AvgIpc) is 2.76. The standard InChI is InChI=1S/C16H12BrFN2O2/c17-10-4-6-12(7-5-10)19-14-9-15(21)20(16(14)22)13-3-1-2-11(18)8-13/h1-8,14,19H,9H2/t14-/m1/s1. The van der Waals surface area contributed by atoms with Crippen LogP contribution >= 0.6 is 15.9 Å². The van der Waals surface area contributed by atoms with Gasteiger partial charge in [-0.05, 0) is 42.5 Å². The van der Waals surface area contributed by atoms with E-state index in [9.17, 15) is 14.0 Å². The molecule has 2 aromatic carbocycles. The zero-order chi connectivity index (χ0) is 15.7. The number of nitrogens with one attached hydrogen (secondary N) is 1. The first-order chi connectivity index (χ1) is 10.5. The minimum atomic E-state index is -0.642. The zero-order valence-corrected chi connectivity index (χ0v) is 13.0. The summed E-state index contributed by atoms with van der Waals surface area (Å²) in [6, 6.07) is 12.1. The molecule has 0 spiro atoms. The summed E-state index contributed by atoms with van der Waals surface area (Å²) in [5, 5.41) is 3.04. The van der Waals surface area contributed by atoms with Gasteiger partial charge in [-0.25, -0.2) is 9.29 Å². The van der Waals surface area contributed by atoms with Gasteiger partial charge in [0.25, 0.3) is 5.91 Å². The fourth-order valence-corrected chi connectivity index (χ4v) is 2.64. The Morgan fingerprint density at radius 1 is 1.14 bits per heavy atom. The van der Waals surface area contributed by atoms with Crippen molar-refractivity contribution in [1.82, 2.24) is 0 Å². The van der Waals surface area contributed by atoms with Gasteiger partial charge in [0.2, 0.25) is 5.91 Å². The van der Waals surface area contributed by atoms with Crippen molar-refractivity contribution < 1.29 is 14.0 Å². The Balaban J connectivity index is 1.81. The molecule has 2 amide bonds. The maximum atomic E-state index is 13.3. The quantitative estimate of drug-likeness (QED) is 0.852. The summed E-state index contributed by atoms with van der Waals surface area (Å²) < 4.78 is 14.2. The van der Waals surface area contributed by atoms with Crippen molar-refractivity contribution in [3.63, 3.8) is 0 Å². The van der Waals surface area contributed by atoms with Gasteiger partial charge in [-0.15, -0.1) is 0 Å². The molecule has 0 aliphatic carbocycles. The molecule has 1 heterocycles. The van der Waals surface area contributed by atoms with Crippen molar-refractivity contribution in [3.8, 4) is 0 Å². The molecule has 0 saturated carbocycles. The molecule has 22 heavy (non-hydrogen) atoms. The van der Waals surface area contributed by atoms with Crippen molar-refractivity contribution in [2.24, 2.45) is 0 Å². The largest absolute Gasteiger partial charge is 0.373 e. The SMILES string of the molecule is O=C1C[C@@H](Nc2ccc(Br)cc2)C(=O)N1c1cccc(F)c1. The van der Waals surface area contributed by atoms with Crippen molar-refractivity contribution >= 4 is 39.1 Å². The van der Waals surface area contributed by atoms with E-state index in [1.54, 1.807) is 6.07 Å². The molecule has 6 heteroatoms. The van der Waals surface area contributed by atoms with E-state index in [0.717, 1.165) is 15.1 Å². The lowest BCUT2D eigenvalue weighted by Gasteiger charge is -2.16. The Bertz CT molecular complexity index is 733. The molecular formula is C16H12BrFN2O2. The van der Waals surface area contributed by atoms with Crippen LogP contribution in [0, 0.1) is 5.82 Å². The van der Waals surface area contributed by atoms with Gasteiger partial charge in [-0.1, -0.05) is 22.0 Å². The van der Waals surface area contributed by atoms with E-state index in [4.69, 9.17) is 0 Å². The smallest absolute Gasteiger partial charge is 0.256 e. The Labute approximate surface area is 135 Å². The minimum Gasteiger partial charge on any atom is -0.373 e. The monoisotopic (exact) mass is 362 g/mol. The summed E-state index contributed by atoms with van der Waals surface area (Å²) in [4.78, 5) is 25.5. The van der Waals surface area contributed by atoms with Crippen LogP contribution in [0.3, 0.4) is 0 Å². The fourth-order valence-electron chi connectivity index (χ4n) is 2.38. The lowest BCUT2D eigenvalue weighted by Crippen LogP contribution is -2.34. The molecule has 3 rings (SSSR count). The van der Waals surface area contributed by atoms with E-state index < -0.39 is 11.9 Å². The number of benzene rings is 2. The van der Waals surface area contributed by atoms with Gasteiger partial charge in [0.1, 0.15) is 11.9 Å². The molecular weight excluding hydrogens is 351 g/mol. The van der Waals surface area contributed by atoms with Crippen LogP contribution in [0.2, 0.25) is 0 Å². The van der Waals surface area contributed by atoms with Crippen LogP contribution in [0.4, 0.5) is 15.8 Å². The molecule has 1 saturated heterocycles. The highest BCUT2D eigenvalue weighted by Gasteiger charge is 2.39. The molecule has 1 aliphatic heterocycles. The normalized spacial score (nSPS) is 17.9. The van der Waals surface area contributed by atoms with Gasteiger partial charge >= 0.3 is 0 Å². The molecule has 0 bridgehead atoms. The van der Waals surface area contributed by atoms with E-state index in [2.05, 4.69) is 21.2 Å². The summed E-state index contributed by atoms with van der Waals surface area (Å²) in [5.41, 5.74) is 1.01. The molecule has 0 aromatic heterocycles. The molecule has 1 aliphatic rings. The number of carbonyl (C=O) groups excluding carboxylic acids is 2. The number of imide groups is 1. The Kier molecular flexibility index (Phi) is 3.94. The van der Waals surface area contributed by atoms with Gasteiger partial charge in [-0.3, -0.25) is 9.59 Å². The predicted molar refractivity (Wildman–Crippen MR) is 85.1 cm³/mol. The maximum absolute atomic E-state index is 13.3. The van der Waals surface area contributed by atoms with Crippen LogP contribution in [-0.2, 0) is 9.59 Å². The summed E-state index contributed by atoms with van der Waals surface area (Å²) in [6.07, 6.45) is 0.0470. The summed E-state index contributed by atoms with van der Waals surface area (Å²) >= 11 is 3.33. The van der Waals surface area contributed by atoms with Gasteiger partial charge < -0.3 is 5.32 Å². The number of carbonyl (C=O) groups is 2. The third-order valence-electron chi connectivity index (χ3n) is 3.40. The summed E-state index contributed by atoms with van der Waals surface area (Å²) in [7, 11) is 0. The molecule has 1 atom stereocenters. The number of hydrogen-bond donors (Lipinski definition) is 1. The lowest BCUT2D eigenvalue weighted by atomic mass is 10.2. The van der Waals surface area contributed by atoms with Crippen molar-refractivity contribution in [1.29, 1.82) is 0 Å². The van der Waals surface area contributed by atoms with Crippen LogP contribution in [0.5, 0.6) is 0 Å². The summed E-state index contributed by atoms with van der Waals surface area (Å²) in [5.74, 6) is -1.20. The molecule has 1 N–H and O–H groups in total. The van der Waals surface area contributed by atoms with E-state index in [0.29, 0.717) is 0 Å². The molecule has 0 unspecified atom stereocenters. The van der Waals surface area contributed by atoms with Gasteiger partial charge in [0.05, 0.1) is 12.1 Å². The second kappa shape index (κ2) is 5.88. The van der Waals surface area contributed by atoms with Gasteiger partial charge in [-0.2, -0.15) is 0 Å². The second-order valence-electron chi connectivity index (χ2n) is 4.96. The number of amides is 2. The number of rotatable bonds is 3. The highest BCUT2D eigenvalue weighted by Crippen LogP contribution is 2.25. The van der Waals surface area contributed by atoms with E-state index >= 15 is 0 Å². The zero-order valence-electron chi connectivity index (χ0n) is 11.4. The van der Waals surface area contributed by atoms with Crippen LogP contribution < -0.4 is 10.2 Å².